The van der Waals surface area contributed by atoms with Crippen molar-refractivity contribution >= 4 is 0 Å². The van der Waals surface area contributed by atoms with Crippen molar-refractivity contribution in [3.05, 3.63) is 11.1 Å². The lowest BCUT2D eigenvalue weighted by Gasteiger charge is -2.30. The second-order valence-electron chi connectivity index (χ2n) is 5.44. The maximum atomic E-state index is 13.5. The van der Waals surface area contributed by atoms with E-state index >= 15 is 0 Å². The van der Waals surface area contributed by atoms with Gasteiger partial charge in [-0.3, -0.25) is 0 Å². The van der Waals surface area contributed by atoms with Crippen molar-refractivity contribution in [3.63, 3.8) is 0 Å². The highest BCUT2D eigenvalue weighted by Crippen LogP contribution is 2.64. The van der Waals surface area contributed by atoms with Crippen LogP contribution in [0.25, 0.3) is 0 Å². The van der Waals surface area contributed by atoms with Gasteiger partial charge < -0.3 is 0 Å². The first-order valence-electron chi connectivity index (χ1n) is 5.70. The zero-order valence-corrected chi connectivity index (χ0v) is 7.80. The van der Waals surface area contributed by atoms with E-state index in [2.05, 4.69) is 0 Å². The zero-order chi connectivity index (χ0) is 8.58. The van der Waals surface area contributed by atoms with Crippen LogP contribution in [0.3, 0.4) is 0 Å². The van der Waals surface area contributed by atoms with Crippen molar-refractivity contribution in [2.75, 3.05) is 0 Å². The fourth-order valence-corrected chi connectivity index (χ4v) is 4.73. The van der Waals surface area contributed by atoms with Gasteiger partial charge in [0.1, 0.15) is 6.17 Å². The van der Waals surface area contributed by atoms with Crippen LogP contribution in [0.5, 0.6) is 0 Å². The van der Waals surface area contributed by atoms with Crippen molar-refractivity contribution in [3.8, 4) is 0 Å². The molecule has 4 bridgehead atoms. The van der Waals surface area contributed by atoms with E-state index < -0.39 is 6.17 Å². The van der Waals surface area contributed by atoms with Crippen LogP contribution >= 0.6 is 0 Å². The third kappa shape index (κ3) is 0.660. The quantitative estimate of drug-likeness (QED) is 0.500. The lowest BCUT2D eigenvalue weighted by atomic mass is 9.76. The van der Waals surface area contributed by atoms with Crippen LogP contribution in [0.4, 0.5) is 4.39 Å². The van der Waals surface area contributed by atoms with Gasteiger partial charge in [0.05, 0.1) is 0 Å². The third-order valence-electron chi connectivity index (χ3n) is 5.04. The zero-order valence-electron chi connectivity index (χ0n) is 7.80. The van der Waals surface area contributed by atoms with Gasteiger partial charge in [0.25, 0.3) is 0 Å². The molecular formula is C12H15F. The van der Waals surface area contributed by atoms with Crippen molar-refractivity contribution < 1.29 is 4.39 Å². The molecule has 0 radical (unpaired) electrons. The van der Waals surface area contributed by atoms with E-state index in [4.69, 9.17) is 0 Å². The first-order chi connectivity index (χ1) is 6.34. The van der Waals surface area contributed by atoms with Crippen molar-refractivity contribution in [2.24, 2.45) is 23.7 Å². The Bertz CT molecular complexity index is 304. The molecule has 0 heterocycles. The van der Waals surface area contributed by atoms with Crippen LogP contribution in [0.15, 0.2) is 11.1 Å². The highest BCUT2D eigenvalue weighted by molar-refractivity contribution is 5.38. The second kappa shape index (κ2) is 2.02. The predicted molar refractivity (Wildman–Crippen MR) is 49.0 cm³/mol. The van der Waals surface area contributed by atoms with Crippen LogP contribution in [-0.2, 0) is 0 Å². The smallest absolute Gasteiger partial charge is 0.107 e. The summed E-state index contributed by atoms with van der Waals surface area (Å²) in [6.07, 6.45) is 5.70. The number of halogens is 1. The number of fused-ring (bicyclic) bond motifs is 8. The second-order valence-corrected chi connectivity index (χ2v) is 5.44. The molecule has 4 rings (SSSR count). The highest BCUT2D eigenvalue weighted by atomic mass is 19.1. The van der Waals surface area contributed by atoms with Crippen LogP contribution in [0, 0.1) is 23.7 Å². The molecule has 3 fully saturated rings. The minimum absolute atomic E-state index is 0.431. The van der Waals surface area contributed by atoms with Gasteiger partial charge in [-0.2, -0.15) is 0 Å². The van der Waals surface area contributed by atoms with E-state index in [1.165, 1.54) is 19.3 Å². The first-order valence-corrected chi connectivity index (χ1v) is 5.70. The van der Waals surface area contributed by atoms with E-state index in [1.807, 2.05) is 0 Å². The average Bonchev–Trinajstić information content (AvgIpc) is 2.78. The first kappa shape index (κ1) is 7.03. The average molecular weight is 178 g/mol. The van der Waals surface area contributed by atoms with Crippen molar-refractivity contribution in [2.45, 2.75) is 38.3 Å². The summed E-state index contributed by atoms with van der Waals surface area (Å²) in [7, 11) is 0. The standard InChI is InChI=1S/C12H15F/c13-10-5-8-4-9(10)12-7-2-1-6(3-7)11(8)12/h6-7,9-10,12H,1-5H2. The van der Waals surface area contributed by atoms with Crippen LogP contribution in [0.2, 0.25) is 0 Å². The maximum absolute atomic E-state index is 13.5. The SMILES string of the molecule is FC1CC2=C3C4CCC(C4)C3C1C2. The molecule has 1 heteroatoms. The van der Waals surface area contributed by atoms with Gasteiger partial charge in [-0.05, 0) is 43.4 Å². The Labute approximate surface area is 78.2 Å². The highest BCUT2D eigenvalue weighted by Gasteiger charge is 2.56. The number of hydrogen-bond acceptors (Lipinski definition) is 0. The van der Waals surface area contributed by atoms with E-state index in [1.54, 1.807) is 11.1 Å². The van der Waals surface area contributed by atoms with Gasteiger partial charge in [-0.15, -0.1) is 0 Å². The molecule has 13 heavy (non-hydrogen) atoms. The van der Waals surface area contributed by atoms with E-state index in [-0.39, 0.29) is 0 Å². The van der Waals surface area contributed by atoms with Gasteiger partial charge in [0.2, 0.25) is 0 Å². The van der Waals surface area contributed by atoms with Crippen LogP contribution in [-0.4, -0.2) is 6.17 Å². The van der Waals surface area contributed by atoms with E-state index in [9.17, 15) is 4.39 Å². The Morgan fingerprint density at radius 2 is 2.08 bits per heavy atom. The number of allylic oxidation sites excluding steroid dienone is 2. The Morgan fingerprint density at radius 3 is 3.00 bits per heavy atom. The van der Waals surface area contributed by atoms with Gasteiger partial charge in [0.15, 0.2) is 0 Å². The molecule has 0 aromatic heterocycles. The topological polar surface area (TPSA) is 0 Å². The predicted octanol–water partition coefficient (Wildman–Crippen LogP) is 3.09. The molecule has 0 aliphatic heterocycles. The fraction of sp³-hybridized carbons (Fsp3) is 0.833. The summed E-state index contributed by atoms with van der Waals surface area (Å²) in [5.74, 6) is 2.95. The summed E-state index contributed by atoms with van der Waals surface area (Å²) in [5, 5.41) is 0. The Kier molecular flexibility index (Phi) is 1.09. The van der Waals surface area contributed by atoms with Crippen LogP contribution < -0.4 is 0 Å². The molecule has 0 nitrogen and oxygen atoms in total. The van der Waals surface area contributed by atoms with Gasteiger partial charge in [-0.1, -0.05) is 11.1 Å². The fourth-order valence-electron chi connectivity index (χ4n) is 4.73. The molecule has 3 saturated carbocycles. The van der Waals surface area contributed by atoms with Crippen molar-refractivity contribution in [1.82, 2.24) is 0 Å². The Hall–Kier alpha value is -0.330. The molecular weight excluding hydrogens is 163 g/mol. The Balaban J connectivity index is 1.86. The summed E-state index contributed by atoms with van der Waals surface area (Å²) in [5.41, 5.74) is 3.31. The summed E-state index contributed by atoms with van der Waals surface area (Å²) in [6.45, 7) is 0. The molecule has 4 aliphatic rings. The van der Waals surface area contributed by atoms with Gasteiger partial charge in [-0.25, -0.2) is 4.39 Å². The molecule has 0 N–H and O–H groups in total. The monoisotopic (exact) mass is 178 g/mol. The molecule has 0 aromatic rings. The minimum Gasteiger partial charge on any atom is -0.247 e. The summed E-state index contributed by atoms with van der Waals surface area (Å²) in [6, 6.07) is 0. The number of hydrogen-bond donors (Lipinski definition) is 0. The molecule has 0 amide bonds. The largest absolute Gasteiger partial charge is 0.247 e. The molecule has 4 aliphatic carbocycles. The molecule has 70 valence electrons. The van der Waals surface area contributed by atoms with Gasteiger partial charge >= 0.3 is 0 Å². The number of rotatable bonds is 0. The molecule has 0 saturated heterocycles. The molecule has 5 atom stereocenters. The number of alkyl halides is 1. The summed E-state index contributed by atoms with van der Waals surface area (Å²) >= 11 is 0. The summed E-state index contributed by atoms with van der Waals surface area (Å²) < 4.78 is 13.5. The molecule has 0 spiro atoms. The minimum atomic E-state index is -0.469. The lowest BCUT2D eigenvalue weighted by molar-refractivity contribution is 0.178. The van der Waals surface area contributed by atoms with Crippen molar-refractivity contribution in [1.29, 1.82) is 0 Å². The van der Waals surface area contributed by atoms with Crippen LogP contribution in [0.1, 0.15) is 32.1 Å². The summed E-state index contributed by atoms with van der Waals surface area (Å²) in [4.78, 5) is 0. The maximum Gasteiger partial charge on any atom is 0.107 e. The molecule has 0 aromatic carbocycles. The van der Waals surface area contributed by atoms with E-state index in [0.29, 0.717) is 5.92 Å². The Morgan fingerprint density at radius 1 is 1.15 bits per heavy atom. The third-order valence-corrected chi connectivity index (χ3v) is 5.04. The normalized spacial score (nSPS) is 56.5. The molecule has 5 unspecified atom stereocenters. The van der Waals surface area contributed by atoms with E-state index in [0.717, 1.165) is 30.6 Å². The lowest BCUT2D eigenvalue weighted by Crippen LogP contribution is -2.26. The van der Waals surface area contributed by atoms with Gasteiger partial charge in [0, 0.05) is 12.3 Å².